The Bertz CT molecular complexity index is 151. The molecule has 0 aromatic carbocycles. The molecule has 0 spiro atoms. The van der Waals surface area contributed by atoms with Gasteiger partial charge in [-0.15, -0.1) is 0 Å². The smallest absolute Gasteiger partial charge is 0.309 e. The number of hydrogen-bond acceptors (Lipinski definition) is 1. The molecule has 0 rings (SSSR count). The molecule has 1 unspecified atom stereocenters. The van der Waals surface area contributed by atoms with E-state index in [1.165, 1.54) is 7.05 Å². The van der Waals surface area contributed by atoms with Crippen molar-refractivity contribution >= 4 is 0 Å². The van der Waals surface area contributed by atoms with E-state index in [4.69, 9.17) is 0 Å². The zero-order valence-corrected chi connectivity index (χ0v) is 8.63. The van der Waals surface area contributed by atoms with Gasteiger partial charge in [0.2, 0.25) is 0 Å². The molecular formula is C9H18F3N. The molecule has 13 heavy (non-hydrogen) atoms. The minimum atomic E-state index is -4.16. The van der Waals surface area contributed by atoms with Gasteiger partial charge in [0, 0.05) is 0 Å². The molecule has 0 saturated heterocycles. The molecule has 4 heteroatoms. The molecule has 1 atom stereocenters. The Morgan fingerprint density at radius 2 is 1.69 bits per heavy atom. The Kier molecular flexibility index (Phi) is 4.23. The molecule has 0 bridgehead atoms. The van der Waals surface area contributed by atoms with Crippen molar-refractivity contribution in [3.05, 3.63) is 0 Å². The lowest BCUT2D eigenvalue weighted by Gasteiger charge is -2.35. The van der Waals surface area contributed by atoms with Crippen molar-refractivity contribution in [1.82, 2.24) is 5.32 Å². The Labute approximate surface area is 77.7 Å². The summed E-state index contributed by atoms with van der Waals surface area (Å²) < 4.78 is 37.4. The van der Waals surface area contributed by atoms with E-state index in [1.807, 2.05) is 6.92 Å². The van der Waals surface area contributed by atoms with Crippen LogP contribution in [0.4, 0.5) is 13.2 Å². The van der Waals surface area contributed by atoms with Crippen LogP contribution in [0, 0.1) is 5.41 Å². The van der Waals surface area contributed by atoms with Crippen molar-refractivity contribution in [1.29, 1.82) is 0 Å². The molecule has 0 aromatic heterocycles. The molecule has 0 radical (unpaired) electrons. The van der Waals surface area contributed by atoms with E-state index in [0.717, 1.165) is 6.42 Å². The fraction of sp³-hybridized carbons (Fsp3) is 1.00. The first-order valence-corrected chi connectivity index (χ1v) is 4.49. The van der Waals surface area contributed by atoms with Gasteiger partial charge in [0.05, 0.1) is 0 Å². The van der Waals surface area contributed by atoms with Crippen molar-refractivity contribution in [2.75, 3.05) is 7.05 Å². The van der Waals surface area contributed by atoms with E-state index >= 15 is 0 Å². The summed E-state index contributed by atoms with van der Waals surface area (Å²) in [5.41, 5.74) is -0.734. The standard InChI is InChI=1S/C9H18F3N/c1-5-6-8(2,3)7(13-4)9(10,11)12/h7,13H,5-6H2,1-4H3. The van der Waals surface area contributed by atoms with Crippen LogP contribution in [0.3, 0.4) is 0 Å². The van der Waals surface area contributed by atoms with Gasteiger partial charge in [0.1, 0.15) is 6.04 Å². The van der Waals surface area contributed by atoms with Gasteiger partial charge in [-0.05, 0) is 18.9 Å². The van der Waals surface area contributed by atoms with Crippen molar-refractivity contribution in [2.45, 2.75) is 45.8 Å². The largest absolute Gasteiger partial charge is 0.404 e. The van der Waals surface area contributed by atoms with Crippen molar-refractivity contribution in [3.63, 3.8) is 0 Å². The van der Waals surface area contributed by atoms with Crippen LogP contribution >= 0.6 is 0 Å². The molecule has 1 nitrogen and oxygen atoms in total. The number of hydrogen-bond donors (Lipinski definition) is 1. The second-order valence-electron chi connectivity index (χ2n) is 4.00. The average molecular weight is 197 g/mol. The molecule has 0 saturated carbocycles. The molecule has 0 aromatic rings. The molecule has 0 aliphatic rings. The zero-order valence-electron chi connectivity index (χ0n) is 8.63. The van der Waals surface area contributed by atoms with Crippen LogP contribution in [0.2, 0.25) is 0 Å². The van der Waals surface area contributed by atoms with Gasteiger partial charge in [0.15, 0.2) is 0 Å². The summed E-state index contributed by atoms with van der Waals surface area (Å²) in [6, 6.07) is -1.42. The van der Waals surface area contributed by atoms with Gasteiger partial charge in [-0.2, -0.15) is 13.2 Å². The molecular weight excluding hydrogens is 179 g/mol. The highest BCUT2D eigenvalue weighted by atomic mass is 19.4. The zero-order chi connectivity index (χ0) is 10.7. The fourth-order valence-corrected chi connectivity index (χ4v) is 1.79. The normalized spacial score (nSPS) is 15.9. The topological polar surface area (TPSA) is 12.0 Å². The predicted octanol–water partition coefficient (Wildman–Crippen LogP) is 2.96. The summed E-state index contributed by atoms with van der Waals surface area (Å²) in [6.07, 6.45) is -2.83. The van der Waals surface area contributed by atoms with Crippen molar-refractivity contribution in [2.24, 2.45) is 5.41 Å². The number of halogens is 3. The molecule has 0 aliphatic carbocycles. The number of rotatable bonds is 4. The minimum absolute atomic E-state index is 0.567. The summed E-state index contributed by atoms with van der Waals surface area (Å²) in [6.45, 7) is 5.18. The molecule has 0 amide bonds. The van der Waals surface area contributed by atoms with Crippen LogP contribution in [0.15, 0.2) is 0 Å². The quantitative estimate of drug-likeness (QED) is 0.730. The first-order chi connectivity index (χ1) is 5.75. The van der Waals surface area contributed by atoms with E-state index in [0.29, 0.717) is 6.42 Å². The van der Waals surface area contributed by atoms with Crippen LogP contribution in [-0.4, -0.2) is 19.3 Å². The molecule has 80 valence electrons. The van der Waals surface area contributed by atoms with Gasteiger partial charge >= 0.3 is 6.18 Å². The lowest BCUT2D eigenvalue weighted by molar-refractivity contribution is -0.179. The van der Waals surface area contributed by atoms with Crippen LogP contribution in [-0.2, 0) is 0 Å². The summed E-state index contributed by atoms with van der Waals surface area (Å²) in [5, 5.41) is 2.34. The van der Waals surface area contributed by atoms with Crippen LogP contribution in [0.5, 0.6) is 0 Å². The van der Waals surface area contributed by atoms with E-state index in [2.05, 4.69) is 5.32 Å². The van der Waals surface area contributed by atoms with Gasteiger partial charge < -0.3 is 5.32 Å². The second-order valence-corrected chi connectivity index (χ2v) is 4.00. The predicted molar refractivity (Wildman–Crippen MR) is 47.6 cm³/mol. The molecule has 0 fully saturated rings. The maximum absolute atomic E-state index is 12.5. The molecule has 1 N–H and O–H groups in total. The van der Waals surface area contributed by atoms with E-state index in [1.54, 1.807) is 13.8 Å². The summed E-state index contributed by atoms with van der Waals surface area (Å²) in [4.78, 5) is 0. The first kappa shape index (κ1) is 12.8. The third kappa shape index (κ3) is 3.55. The van der Waals surface area contributed by atoms with E-state index < -0.39 is 17.6 Å². The third-order valence-electron chi connectivity index (χ3n) is 2.29. The third-order valence-corrected chi connectivity index (χ3v) is 2.29. The Morgan fingerprint density at radius 3 is 1.92 bits per heavy atom. The highest BCUT2D eigenvalue weighted by Gasteiger charge is 2.47. The summed E-state index contributed by atoms with van der Waals surface area (Å²) in [5.74, 6) is 0. The maximum atomic E-state index is 12.5. The monoisotopic (exact) mass is 197 g/mol. The highest BCUT2D eigenvalue weighted by molar-refractivity contribution is 4.88. The summed E-state index contributed by atoms with van der Waals surface area (Å²) >= 11 is 0. The van der Waals surface area contributed by atoms with Crippen molar-refractivity contribution in [3.8, 4) is 0 Å². The second kappa shape index (κ2) is 4.31. The SMILES string of the molecule is CCCC(C)(C)C(NC)C(F)(F)F. The highest BCUT2D eigenvalue weighted by Crippen LogP contribution is 2.36. The fourth-order valence-electron chi connectivity index (χ4n) is 1.79. The Balaban J connectivity index is 4.56. The summed E-state index contributed by atoms with van der Waals surface area (Å²) in [7, 11) is 1.36. The van der Waals surface area contributed by atoms with Gasteiger partial charge in [-0.3, -0.25) is 0 Å². The van der Waals surface area contributed by atoms with Crippen LogP contribution < -0.4 is 5.32 Å². The average Bonchev–Trinajstić information content (AvgIpc) is 1.83. The molecule has 0 heterocycles. The van der Waals surface area contributed by atoms with E-state index in [9.17, 15) is 13.2 Å². The van der Waals surface area contributed by atoms with Crippen LogP contribution in [0.1, 0.15) is 33.6 Å². The van der Waals surface area contributed by atoms with Crippen molar-refractivity contribution < 1.29 is 13.2 Å². The van der Waals surface area contributed by atoms with Gasteiger partial charge in [-0.1, -0.05) is 27.2 Å². The number of nitrogens with one attached hydrogen (secondary N) is 1. The van der Waals surface area contributed by atoms with Crippen LogP contribution in [0.25, 0.3) is 0 Å². The lowest BCUT2D eigenvalue weighted by Crippen LogP contribution is -2.50. The Morgan fingerprint density at radius 1 is 1.23 bits per heavy atom. The Hall–Kier alpha value is -0.250. The van der Waals surface area contributed by atoms with E-state index in [-0.39, 0.29) is 0 Å². The maximum Gasteiger partial charge on any atom is 0.404 e. The van der Waals surface area contributed by atoms with Gasteiger partial charge in [-0.25, -0.2) is 0 Å². The molecule has 0 aliphatic heterocycles. The lowest BCUT2D eigenvalue weighted by atomic mass is 9.80. The van der Waals surface area contributed by atoms with Gasteiger partial charge in [0.25, 0.3) is 0 Å². The minimum Gasteiger partial charge on any atom is -0.309 e. The number of alkyl halides is 3. The first-order valence-electron chi connectivity index (χ1n) is 4.49.